The number of fused-ring (bicyclic) bond motifs is 3. The molecule has 11 rings (SSSR count). The zero-order chi connectivity index (χ0) is 41.2. The molecule has 0 aliphatic carbocycles. The molecule has 9 aromatic carbocycles. The average Bonchev–Trinajstić information content (AvgIpc) is 3.37. The number of hydrogen-bond donors (Lipinski definition) is 0. The molecule has 11 aromatic rings. The number of pyridine rings is 1. The summed E-state index contributed by atoms with van der Waals surface area (Å²) >= 11 is 0. The summed E-state index contributed by atoms with van der Waals surface area (Å²) in [5.74, 6) is 1.82. The lowest BCUT2D eigenvalue weighted by Crippen LogP contribution is -2.00. The number of para-hydroxylation sites is 1. The van der Waals surface area contributed by atoms with Crippen LogP contribution in [0.15, 0.2) is 231 Å². The molecule has 0 aliphatic rings. The molecule has 0 unspecified atom stereocenters. The molecule has 0 saturated heterocycles. The van der Waals surface area contributed by atoms with E-state index in [1.54, 1.807) is 0 Å². The first-order valence-electron chi connectivity index (χ1n) is 20.9. The summed E-state index contributed by atoms with van der Waals surface area (Å²) in [5, 5.41) is 3.41. The van der Waals surface area contributed by atoms with Gasteiger partial charge in [0.05, 0.1) is 11.2 Å². The summed E-state index contributed by atoms with van der Waals surface area (Å²) in [5.41, 5.74) is 14.7. The SMILES string of the molecule is c1ccc(-c2ccc(-c3nc(-c4ccc(-c5ccccc5)cc4)nc(-c4cccc(-c5cccc6c5nc(-c5ccccc5)c5cccc(-c7ccccc7)c56)c4)n3)cc2)cc1. The van der Waals surface area contributed by atoms with Crippen molar-refractivity contribution in [3.63, 3.8) is 0 Å². The number of hydrogen-bond acceptors (Lipinski definition) is 4. The minimum absolute atomic E-state index is 0.598. The van der Waals surface area contributed by atoms with Gasteiger partial charge in [-0.25, -0.2) is 19.9 Å². The van der Waals surface area contributed by atoms with Crippen molar-refractivity contribution in [1.29, 1.82) is 0 Å². The van der Waals surface area contributed by atoms with Crippen LogP contribution in [0.2, 0.25) is 0 Å². The largest absolute Gasteiger partial charge is 0.246 e. The van der Waals surface area contributed by atoms with Crippen LogP contribution in [0.25, 0.3) is 112 Å². The molecule has 0 radical (unpaired) electrons. The van der Waals surface area contributed by atoms with Crippen molar-refractivity contribution < 1.29 is 0 Å². The average molecular weight is 791 g/mol. The topological polar surface area (TPSA) is 51.6 Å². The van der Waals surface area contributed by atoms with Gasteiger partial charge in [0, 0.05) is 44.0 Å². The molecule has 0 bridgehead atoms. The van der Waals surface area contributed by atoms with Crippen molar-refractivity contribution in [2.45, 2.75) is 0 Å². The Labute approximate surface area is 360 Å². The summed E-state index contributed by atoms with van der Waals surface area (Å²) in [4.78, 5) is 20.9. The Kier molecular flexibility index (Phi) is 9.49. The Morgan fingerprint density at radius 3 is 1.16 bits per heavy atom. The molecule has 0 fully saturated rings. The lowest BCUT2D eigenvalue weighted by molar-refractivity contribution is 1.07. The summed E-state index contributed by atoms with van der Waals surface area (Å²) in [6, 6.07) is 80.5. The zero-order valence-corrected chi connectivity index (χ0v) is 33.7. The molecular weight excluding hydrogens is 753 g/mol. The summed E-state index contributed by atoms with van der Waals surface area (Å²) in [7, 11) is 0. The second kappa shape index (κ2) is 16.0. The number of nitrogens with zero attached hydrogens (tertiary/aromatic N) is 4. The van der Waals surface area contributed by atoms with E-state index in [9.17, 15) is 0 Å². The van der Waals surface area contributed by atoms with Crippen LogP contribution in [0, 0.1) is 0 Å². The predicted molar refractivity (Wildman–Crippen MR) is 256 cm³/mol. The van der Waals surface area contributed by atoms with E-state index in [4.69, 9.17) is 19.9 Å². The maximum atomic E-state index is 5.51. The fourth-order valence-electron chi connectivity index (χ4n) is 8.46. The second-order valence-corrected chi connectivity index (χ2v) is 15.4. The predicted octanol–water partition coefficient (Wildman–Crippen LogP) is 14.9. The van der Waals surface area contributed by atoms with Gasteiger partial charge < -0.3 is 0 Å². The van der Waals surface area contributed by atoms with E-state index in [-0.39, 0.29) is 0 Å². The fourth-order valence-corrected chi connectivity index (χ4v) is 8.46. The van der Waals surface area contributed by atoms with Gasteiger partial charge in [0.25, 0.3) is 0 Å². The molecule has 0 N–H and O–H groups in total. The second-order valence-electron chi connectivity index (χ2n) is 15.4. The molecule has 4 nitrogen and oxygen atoms in total. The van der Waals surface area contributed by atoms with Crippen LogP contribution >= 0.6 is 0 Å². The summed E-state index contributed by atoms with van der Waals surface area (Å²) < 4.78 is 0. The molecular formula is C58H38N4. The van der Waals surface area contributed by atoms with Gasteiger partial charge in [-0.1, -0.05) is 224 Å². The molecule has 290 valence electrons. The Balaban J connectivity index is 1.07. The normalized spacial score (nSPS) is 11.2. The van der Waals surface area contributed by atoms with E-state index in [1.165, 1.54) is 16.5 Å². The van der Waals surface area contributed by atoms with Gasteiger partial charge >= 0.3 is 0 Å². The molecule has 0 aliphatic heterocycles. The standard InChI is InChI=1S/C58H38N4/c1-5-16-39(17-6-1)41-30-34-45(35-31-41)56-60-57(46-36-32-42(33-37-46)40-18-7-2-8-19-40)62-58(61-56)48-25-13-24-47(38-48)50-27-15-29-52-53-49(43-20-9-3-10-21-43)26-14-28-51(53)54(59-55(50)52)44-22-11-4-12-23-44/h1-38H. The van der Waals surface area contributed by atoms with Crippen molar-refractivity contribution in [1.82, 2.24) is 19.9 Å². The van der Waals surface area contributed by atoms with E-state index in [0.717, 1.165) is 77.6 Å². The Morgan fingerprint density at radius 2 is 0.613 bits per heavy atom. The first kappa shape index (κ1) is 36.7. The molecule has 0 spiro atoms. The molecule has 0 saturated carbocycles. The molecule has 2 aromatic heterocycles. The third kappa shape index (κ3) is 7.00. The first-order valence-corrected chi connectivity index (χ1v) is 20.9. The van der Waals surface area contributed by atoms with Crippen LogP contribution in [-0.2, 0) is 0 Å². The summed E-state index contributed by atoms with van der Waals surface area (Å²) in [6.45, 7) is 0. The van der Waals surface area contributed by atoms with Gasteiger partial charge in [-0.2, -0.15) is 0 Å². The van der Waals surface area contributed by atoms with Crippen LogP contribution in [0.1, 0.15) is 0 Å². The van der Waals surface area contributed by atoms with Crippen molar-refractivity contribution in [3.05, 3.63) is 231 Å². The van der Waals surface area contributed by atoms with E-state index in [2.05, 4.69) is 218 Å². The highest BCUT2D eigenvalue weighted by Crippen LogP contribution is 2.41. The number of aromatic nitrogens is 4. The van der Waals surface area contributed by atoms with Gasteiger partial charge in [0.15, 0.2) is 17.5 Å². The highest BCUT2D eigenvalue weighted by Gasteiger charge is 2.19. The fraction of sp³-hybridized carbons (Fsp3) is 0. The van der Waals surface area contributed by atoms with E-state index < -0.39 is 0 Å². The Bertz CT molecular complexity index is 3250. The summed E-state index contributed by atoms with van der Waals surface area (Å²) in [6.07, 6.45) is 0. The van der Waals surface area contributed by atoms with Crippen LogP contribution < -0.4 is 0 Å². The van der Waals surface area contributed by atoms with Gasteiger partial charge in [-0.05, 0) is 45.0 Å². The maximum Gasteiger partial charge on any atom is 0.164 e. The Morgan fingerprint density at radius 1 is 0.226 bits per heavy atom. The van der Waals surface area contributed by atoms with Crippen molar-refractivity contribution in [2.24, 2.45) is 0 Å². The highest BCUT2D eigenvalue weighted by atomic mass is 15.0. The third-order valence-electron chi connectivity index (χ3n) is 11.5. The Hall–Kier alpha value is -8.34. The van der Waals surface area contributed by atoms with Gasteiger partial charge in [-0.3, -0.25) is 0 Å². The lowest BCUT2D eigenvalue weighted by atomic mass is 9.91. The van der Waals surface area contributed by atoms with Crippen molar-refractivity contribution >= 4 is 21.7 Å². The molecule has 0 amide bonds. The van der Waals surface area contributed by atoms with E-state index in [0.29, 0.717) is 17.5 Å². The van der Waals surface area contributed by atoms with Gasteiger partial charge in [0.1, 0.15) is 0 Å². The smallest absolute Gasteiger partial charge is 0.164 e. The lowest BCUT2D eigenvalue weighted by Gasteiger charge is -2.16. The molecule has 2 heterocycles. The first-order chi connectivity index (χ1) is 30.7. The third-order valence-corrected chi connectivity index (χ3v) is 11.5. The van der Waals surface area contributed by atoms with E-state index in [1.807, 2.05) is 12.1 Å². The minimum atomic E-state index is 0.598. The van der Waals surface area contributed by atoms with Gasteiger partial charge in [0.2, 0.25) is 0 Å². The quantitative estimate of drug-likeness (QED) is 0.144. The molecule has 62 heavy (non-hydrogen) atoms. The molecule has 4 heteroatoms. The van der Waals surface area contributed by atoms with Crippen molar-refractivity contribution in [3.8, 4) is 89.9 Å². The van der Waals surface area contributed by atoms with Crippen LogP contribution in [0.3, 0.4) is 0 Å². The zero-order valence-electron chi connectivity index (χ0n) is 33.7. The van der Waals surface area contributed by atoms with Crippen LogP contribution in [-0.4, -0.2) is 19.9 Å². The number of benzene rings is 9. The highest BCUT2D eigenvalue weighted by molar-refractivity contribution is 6.19. The van der Waals surface area contributed by atoms with Crippen molar-refractivity contribution in [2.75, 3.05) is 0 Å². The monoisotopic (exact) mass is 790 g/mol. The molecule has 0 atom stereocenters. The van der Waals surface area contributed by atoms with E-state index >= 15 is 0 Å². The minimum Gasteiger partial charge on any atom is -0.246 e. The van der Waals surface area contributed by atoms with Crippen LogP contribution in [0.4, 0.5) is 0 Å². The van der Waals surface area contributed by atoms with Crippen LogP contribution in [0.5, 0.6) is 0 Å². The number of rotatable bonds is 8. The maximum absolute atomic E-state index is 5.51. The van der Waals surface area contributed by atoms with Gasteiger partial charge in [-0.15, -0.1) is 0 Å².